The number of nitrogen functional groups attached to an aromatic ring is 1. The van der Waals surface area contributed by atoms with E-state index in [0.717, 1.165) is 5.52 Å². The normalized spacial score (nSPS) is 10.8. The lowest BCUT2D eigenvalue weighted by molar-refractivity contribution is -0.125. The van der Waals surface area contributed by atoms with E-state index in [2.05, 4.69) is 4.98 Å². The molecule has 2 aromatic heterocycles. The first-order valence-corrected chi connectivity index (χ1v) is 5.29. The number of carbonyl (C=O) groups excluding carboxylic acids is 1. The largest absolute Gasteiger partial charge is 0.382 e. The molecule has 0 aliphatic heterocycles. The van der Waals surface area contributed by atoms with Crippen LogP contribution in [0.4, 0.5) is 5.82 Å². The molecule has 5 nitrogen and oxygen atoms in total. The summed E-state index contributed by atoms with van der Waals surface area (Å²) in [4.78, 5) is 14.2. The van der Waals surface area contributed by atoms with Crippen LogP contribution in [0.2, 0.25) is 0 Å². The number of rotatable bonds is 0. The molecule has 1 amide bonds. The van der Waals surface area contributed by atoms with Crippen molar-refractivity contribution in [1.29, 1.82) is 0 Å². The Morgan fingerprint density at radius 2 is 1.94 bits per heavy atom. The third-order valence-electron chi connectivity index (χ3n) is 2.22. The third-order valence-corrected chi connectivity index (χ3v) is 2.22. The molecule has 92 valence electrons. The van der Waals surface area contributed by atoms with Crippen LogP contribution in [0.3, 0.4) is 0 Å². The van der Waals surface area contributed by atoms with Crippen LogP contribution < -0.4 is 11.5 Å². The minimum Gasteiger partial charge on any atom is -0.382 e. The number of hydrogen-bond acceptors (Lipinski definition) is 3. The molecular weight excluding hydrogens is 216 g/mol. The van der Waals surface area contributed by atoms with E-state index in [0.29, 0.717) is 5.82 Å². The molecule has 0 aliphatic rings. The van der Waals surface area contributed by atoms with E-state index in [9.17, 15) is 4.79 Å². The first-order chi connectivity index (χ1) is 7.82. The zero-order chi connectivity index (χ0) is 13.1. The Morgan fingerprint density at radius 1 is 1.35 bits per heavy atom. The van der Waals surface area contributed by atoms with Gasteiger partial charge in [0.2, 0.25) is 5.91 Å². The van der Waals surface area contributed by atoms with Crippen LogP contribution in [-0.2, 0) is 4.79 Å². The fraction of sp³-hybridized carbons (Fsp3) is 0.333. The molecule has 2 rings (SSSR count). The predicted molar refractivity (Wildman–Crippen MR) is 68.3 cm³/mol. The molecule has 0 fully saturated rings. The van der Waals surface area contributed by atoms with Gasteiger partial charge >= 0.3 is 0 Å². The molecule has 0 atom stereocenters. The molecule has 2 heterocycles. The highest BCUT2D eigenvalue weighted by Gasteiger charge is 2.16. The van der Waals surface area contributed by atoms with Gasteiger partial charge < -0.3 is 15.9 Å². The smallest absolute Gasteiger partial charge is 0.222 e. The van der Waals surface area contributed by atoms with Crippen LogP contribution in [0.5, 0.6) is 0 Å². The summed E-state index contributed by atoms with van der Waals surface area (Å²) < 4.78 is 1.93. The van der Waals surface area contributed by atoms with Crippen LogP contribution in [0, 0.1) is 5.41 Å². The van der Waals surface area contributed by atoms with Crippen molar-refractivity contribution in [3.63, 3.8) is 0 Å². The zero-order valence-corrected chi connectivity index (χ0v) is 10.3. The van der Waals surface area contributed by atoms with E-state index < -0.39 is 0 Å². The van der Waals surface area contributed by atoms with Crippen LogP contribution in [0.1, 0.15) is 20.8 Å². The van der Waals surface area contributed by atoms with Crippen molar-refractivity contribution in [3.8, 4) is 0 Å². The lowest BCUT2D eigenvalue weighted by Gasteiger charge is -2.10. The minimum atomic E-state index is -0.361. The first kappa shape index (κ1) is 13.0. The molecule has 0 bridgehead atoms. The van der Waals surface area contributed by atoms with Gasteiger partial charge in [-0.1, -0.05) is 20.8 Å². The van der Waals surface area contributed by atoms with Crippen molar-refractivity contribution in [2.45, 2.75) is 20.8 Å². The van der Waals surface area contributed by atoms with Gasteiger partial charge in [-0.15, -0.1) is 0 Å². The summed E-state index contributed by atoms with van der Waals surface area (Å²) in [5, 5.41) is 0. The first-order valence-electron chi connectivity index (χ1n) is 5.29. The van der Waals surface area contributed by atoms with Gasteiger partial charge in [0, 0.05) is 24.0 Å². The van der Waals surface area contributed by atoms with Gasteiger partial charge in [-0.05, 0) is 12.1 Å². The molecule has 0 radical (unpaired) electrons. The number of fused-ring (bicyclic) bond motifs is 1. The molecular formula is C12H18N4O. The van der Waals surface area contributed by atoms with Crippen molar-refractivity contribution >= 4 is 17.2 Å². The molecule has 0 unspecified atom stereocenters. The Kier molecular flexibility index (Phi) is 3.73. The average Bonchev–Trinajstić information content (AvgIpc) is 2.66. The second-order valence-corrected chi connectivity index (χ2v) is 4.73. The Bertz CT molecular complexity index is 510. The monoisotopic (exact) mass is 234 g/mol. The maximum Gasteiger partial charge on any atom is 0.222 e. The standard InChI is InChI=1S/C7H7N3.C5H11NO/c8-7-6-2-1-4-10(6)5-3-9-7;1-5(2,3)4(6)7/h1-5H,(H2,8,9);1-3H3,(H2,6,7). The fourth-order valence-corrected chi connectivity index (χ4v) is 0.993. The number of aromatic nitrogens is 2. The number of nitrogens with zero attached hydrogens (tertiary/aromatic N) is 2. The number of primary amides is 1. The topological polar surface area (TPSA) is 86.4 Å². The number of anilines is 1. The van der Waals surface area contributed by atoms with E-state index in [-0.39, 0.29) is 11.3 Å². The van der Waals surface area contributed by atoms with E-state index >= 15 is 0 Å². The van der Waals surface area contributed by atoms with Crippen molar-refractivity contribution < 1.29 is 4.79 Å². The summed E-state index contributed by atoms with van der Waals surface area (Å²) in [6.45, 7) is 5.36. The number of hydrogen-bond donors (Lipinski definition) is 2. The van der Waals surface area contributed by atoms with Gasteiger partial charge in [-0.2, -0.15) is 0 Å². The summed E-state index contributed by atoms with van der Waals surface area (Å²) in [6.07, 6.45) is 5.49. The molecule has 0 saturated carbocycles. The molecule has 0 aliphatic carbocycles. The summed E-state index contributed by atoms with van der Waals surface area (Å²) in [6, 6.07) is 3.87. The predicted octanol–water partition coefficient (Wildman–Crippen LogP) is 1.43. The van der Waals surface area contributed by atoms with Crippen LogP contribution in [0.25, 0.3) is 5.52 Å². The van der Waals surface area contributed by atoms with Crippen molar-refractivity contribution in [2.75, 3.05) is 5.73 Å². The van der Waals surface area contributed by atoms with Crippen molar-refractivity contribution in [1.82, 2.24) is 9.38 Å². The average molecular weight is 234 g/mol. The highest BCUT2D eigenvalue weighted by atomic mass is 16.1. The molecule has 17 heavy (non-hydrogen) atoms. The van der Waals surface area contributed by atoms with Crippen LogP contribution in [-0.4, -0.2) is 15.3 Å². The van der Waals surface area contributed by atoms with Gasteiger partial charge in [-0.3, -0.25) is 4.79 Å². The SMILES string of the molecule is CC(C)(C)C(N)=O.Nc1nccn2cccc12. The van der Waals surface area contributed by atoms with E-state index in [1.807, 2.05) is 28.9 Å². The number of nitrogens with two attached hydrogens (primary N) is 2. The molecule has 2 aromatic rings. The lowest BCUT2D eigenvalue weighted by atomic mass is 9.96. The molecule has 5 heteroatoms. The number of amides is 1. The molecule has 0 spiro atoms. The molecule has 0 saturated heterocycles. The van der Waals surface area contributed by atoms with E-state index in [1.165, 1.54) is 0 Å². The van der Waals surface area contributed by atoms with Gasteiger partial charge in [0.05, 0.1) is 5.52 Å². The Balaban J connectivity index is 0.000000185. The van der Waals surface area contributed by atoms with Gasteiger partial charge in [0.25, 0.3) is 0 Å². The Morgan fingerprint density at radius 3 is 2.41 bits per heavy atom. The second-order valence-electron chi connectivity index (χ2n) is 4.73. The summed E-state index contributed by atoms with van der Waals surface area (Å²) in [5.74, 6) is 0.319. The van der Waals surface area contributed by atoms with Gasteiger partial charge in [-0.25, -0.2) is 4.98 Å². The van der Waals surface area contributed by atoms with E-state index in [1.54, 1.807) is 27.0 Å². The van der Waals surface area contributed by atoms with Crippen LogP contribution >= 0.6 is 0 Å². The van der Waals surface area contributed by atoms with Crippen molar-refractivity contribution in [2.24, 2.45) is 11.1 Å². The summed E-state index contributed by atoms with van der Waals surface area (Å²) in [5.41, 5.74) is 11.1. The third kappa shape index (κ3) is 3.48. The highest BCUT2D eigenvalue weighted by Crippen LogP contribution is 2.10. The summed E-state index contributed by atoms with van der Waals surface area (Å²) in [7, 11) is 0. The quantitative estimate of drug-likeness (QED) is 0.723. The zero-order valence-electron chi connectivity index (χ0n) is 10.3. The fourth-order valence-electron chi connectivity index (χ4n) is 0.993. The Hall–Kier alpha value is -2.04. The maximum absolute atomic E-state index is 10.2. The number of carbonyl (C=O) groups is 1. The summed E-state index contributed by atoms with van der Waals surface area (Å²) >= 11 is 0. The van der Waals surface area contributed by atoms with Gasteiger partial charge in [0.1, 0.15) is 5.82 Å². The minimum absolute atomic E-state index is 0.257. The maximum atomic E-state index is 10.2. The lowest BCUT2D eigenvalue weighted by Crippen LogP contribution is -2.27. The highest BCUT2D eigenvalue weighted by molar-refractivity contribution is 5.79. The molecule has 0 aromatic carbocycles. The van der Waals surface area contributed by atoms with Gasteiger partial charge in [0.15, 0.2) is 0 Å². The molecule has 4 N–H and O–H groups in total. The van der Waals surface area contributed by atoms with E-state index in [4.69, 9.17) is 11.5 Å². The Labute approximate surface area is 100 Å². The van der Waals surface area contributed by atoms with Crippen LogP contribution in [0.15, 0.2) is 30.7 Å². The second kappa shape index (κ2) is 4.86. The van der Waals surface area contributed by atoms with Crippen molar-refractivity contribution in [3.05, 3.63) is 30.7 Å².